The smallest absolute Gasteiger partial charge is 0.185 e. The summed E-state index contributed by atoms with van der Waals surface area (Å²) in [4.78, 5) is 11.8. The highest BCUT2D eigenvalue weighted by atomic mass is 31.2. The lowest BCUT2D eigenvalue weighted by molar-refractivity contribution is -0.104. The summed E-state index contributed by atoms with van der Waals surface area (Å²) in [6, 6.07) is 30.7. The molecular formula is C21H18OP+. The maximum Gasteiger partial charge on any atom is 0.185 e. The summed E-state index contributed by atoms with van der Waals surface area (Å²) < 4.78 is 0. The van der Waals surface area contributed by atoms with E-state index >= 15 is 0 Å². The quantitative estimate of drug-likeness (QED) is 0.398. The fraction of sp³-hybridized carbons (Fsp3) is 0. The van der Waals surface area contributed by atoms with E-state index in [4.69, 9.17) is 0 Å². The maximum absolute atomic E-state index is 11.8. The number of benzene rings is 3. The van der Waals surface area contributed by atoms with Gasteiger partial charge in [-0.25, -0.2) is 0 Å². The molecule has 0 saturated carbocycles. The van der Waals surface area contributed by atoms with E-state index in [0.717, 1.165) is 22.2 Å². The van der Waals surface area contributed by atoms with Crippen molar-refractivity contribution in [2.75, 3.05) is 0 Å². The van der Waals surface area contributed by atoms with Gasteiger partial charge in [0.15, 0.2) is 6.29 Å². The molecule has 0 aliphatic carbocycles. The maximum atomic E-state index is 11.8. The van der Waals surface area contributed by atoms with Crippen molar-refractivity contribution < 1.29 is 4.79 Å². The first kappa shape index (κ1) is 15.4. The van der Waals surface area contributed by atoms with Gasteiger partial charge in [0.05, 0.1) is 0 Å². The highest BCUT2D eigenvalue weighted by molar-refractivity contribution is 7.99. The van der Waals surface area contributed by atoms with E-state index in [2.05, 4.69) is 43.0 Å². The second-order valence-corrected chi connectivity index (χ2v) is 8.75. The molecule has 0 atom stereocenters. The van der Waals surface area contributed by atoms with Crippen molar-refractivity contribution in [3.63, 3.8) is 0 Å². The summed E-state index contributed by atoms with van der Waals surface area (Å²) in [5.41, 5.74) is 0. The standard InChI is InChI=1S/C21H18OP/c1-18(17-22)23(19-11-5-2-6-12-19,20-13-7-3-8-14-20)21-15-9-4-10-16-21/h2-17H,1H2/q+1. The Morgan fingerprint density at radius 2 is 0.957 bits per heavy atom. The van der Waals surface area contributed by atoms with Gasteiger partial charge < -0.3 is 0 Å². The molecule has 0 aromatic heterocycles. The van der Waals surface area contributed by atoms with Crippen molar-refractivity contribution in [1.29, 1.82) is 0 Å². The van der Waals surface area contributed by atoms with Gasteiger partial charge in [0.25, 0.3) is 0 Å². The van der Waals surface area contributed by atoms with E-state index in [1.807, 2.05) is 54.6 Å². The summed E-state index contributed by atoms with van der Waals surface area (Å²) in [5, 5.41) is 4.08. The van der Waals surface area contributed by atoms with Crippen LogP contribution in [0.4, 0.5) is 0 Å². The summed E-state index contributed by atoms with van der Waals surface area (Å²) in [6.45, 7) is 4.16. The van der Waals surface area contributed by atoms with Gasteiger partial charge in [-0.05, 0) is 36.4 Å². The highest BCUT2D eigenvalue weighted by Gasteiger charge is 2.48. The van der Waals surface area contributed by atoms with Crippen LogP contribution in [-0.2, 0) is 4.79 Å². The van der Waals surface area contributed by atoms with Gasteiger partial charge >= 0.3 is 0 Å². The van der Waals surface area contributed by atoms with Gasteiger partial charge in [-0.3, -0.25) is 4.79 Å². The third kappa shape index (κ3) is 2.65. The van der Waals surface area contributed by atoms with Crippen molar-refractivity contribution >= 4 is 29.5 Å². The first-order chi connectivity index (χ1) is 11.3. The van der Waals surface area contributed by atoms with Crippen LogP contribution in [0.2, 0.25) is 0 Å². The molecule has 1 nitrogen and oxygen atoms in total. The molecule has 0 amide bonds. The Hall–Kier alpha value is -2.50. The van der Waals surface area contributed by atoms with Crippen LogP contribution >= 0.6 is 7.26 Å². The third-order valence-corrected chi connectivity index (χ3v) is 8.18. The molecule has 3 aromatic carbocycles. The van der Waals surface area contributed by atoms with Gasteiger partial charge in [0.2, 0.25) is 0 Å². The topological polar surface area (TPSA) is 17.1 Å². The van der Waals surface area contributed by atoms with Crippen LogP contribution in [0.3, 0.4) is 0 Å². The van der Waals surface area contributed by atoms with Crippen molar-refractivity contribution in [3.05, 3.63) is 103 Å². The predicted molar refractivity (Wildman–Crippen MR) is 100 cm³/mol. The number of hydrogen-bond donors (Lipinski definition) is 0. The second-order valence-electron chi connectivity index (χ2n) is 5.29. The van der Waals surface area contributed by atoms with Gasteiger partial charge in [-0.1, -0.05) is 61.2 Å². The lowest BCUT2D eigenvalue weighted by Crippen LogP contribution is -2.32. The molecule has 0 aliphatic rings. The minimum Gasteiger partial charge on any atom is -0.294 e. The summed E-state index contributed by atoms with van der Waals surface area (Å²) in [6.07, 6.45) is 0.917. The molecule has 112 valence electrons. The van der Waals surface area contributed by atoms with Crippen LogP contribution in [0.5, 0.6) is 0 Å². The number of hydrogen-bond acceptors (Lipinski definition) is 1. The summed E-state index contributed by atoms with van der Waals surface area (Å²) >= 11 is 0. The van der Waals surface area contributed by atoms with Crippen LogP contribution in [0, 0.1) is 0 Å². The van der Waals surface area contributed by atoms with Crippen molar-refractivity contribution in [3.8, 4) is 0 Å². The Kier molecular flexibility index (Phi) is 4.50. The Labute approximate surface area is 137 Å². The number of rotatable bonds is 5. The summed E-state index contributed by atoms with van der Waals surface area (Å²) in [7, 11) is -2.21. The molecular weight excluding hydrogens is 299 g/mol. The molecule has 0 aliphatic heterocycles. The van der Waals surface area contributed by atoms with Gasteiger partial charge in [0.1, 0.15) is 28.5 Å². The minimum atomic E-state index is -2.21. The van der Waals surface area contributed by atoms with Gasteiger partial charge in [0, 0.05) is 0 Å². The zero-order valence-electron chi connectivity index (χ0n) is 12.8. The van der Waals surface area contributed by atoms with E-state index in [1.54, 1.807) is 0 Å². The average molecular weight is 317 g/mol. The summed E-state index contributed by atoms with van der Waals surface area (Å²) in [5.74, 6) is 0. The van der Waals surface area contributed by atoms with Crippen LogP contribution < -0.4 is 15.9 Å². The number of carbonyl (C=O) groups excluding carboxylic acids is 1. The number of allylic oxidation sites excluding steroid dienone is 1. The van der Waals surface area contributed by atoms with Crippen molar-refractivity contribution in [1.82, 2.24) is 0 Å². The molecule has 3 aromatic rings. The lowest BCUT2D eigenvalue weighted by atomic mass is 10.4. The van der Waals surface area contributed by atoms with Crippen LogP contribution in [-0.4, -0.2) is 6.29 Å². The number of aldehydes is 1. The predicted octanol–water partition coefficient (Wildman–Crippen LogP) is 3.69. The van der Waals surface area contributed by atoms with E-state index < -0.39 is 7.26 Å². The molecule has 3 rings (SSSR count). The Balaban J connectivity index is 2.40. The lowest BCUT2D eigenvalue weighted by Gasteiger charge is -2.26. The Morgan fingerprint density at radius 1 is 0.652 bits per heavy atom. The largest absolute Gasteiger partial charge is 0.294 e. The van der Waals surface area contributed by atoms with Crippen LogP contribution in [0.25, 0.3) is 0 Å². The van der Waals surface area contributed by atoms with Crippen LogP contribution in [0.15, 0.2) is 103 Å². The molecule has 0 saturated heterocycles. The fourth-order valence-corrected chi connectivity index (χ4v) is 6.88. The zero-order valence-corrected chi connectivity index (χ0v) is 13.7. The Bertz CT molecular complexity index is 698. The molecule has 0 radical (unpaired) electrons. The van der Waals surface area contributed by atoms with Crippen molar-refractivity contribution in [2.45, 2.75) is 0 Å². The molecule has 0 heterocycles. The van der Waals surface area contributed by atoms with Crippen molar-refractivity contribution in [2.24, 2.45) is 0 Å². The number of carbonyl (C=O) groups is 1. The van der Waals surface area contributed by atoms with E-state index in [0.29, 0.717) is 5.31 Å². The molecule has 0 unspecified atom stereocenters. The third-order valence-electron chi connectivity index (χ3n) is 4.00. The van der Waals surface area contributed by atoms with Gasteiger partial charge in [-0.15, -0.1) is 0 Å². The molecule has 23 heavy (non-hydrogen) atoms. The van der Waals surface area contributed by atoms with E-state index in [1.165, 1.54) is 0 Å². The first-order valence-corrected chi connectivity index (χ1v) is 9.29. The molecule has 0 fully saturated rings. The normalized spacial score (nSPS) is 11.0. The second kappa shape index (κ2) is 6.73. The molecule has 0 bridgehead atoms. The van der Waals surface area contributed by atoms with Gasteiger partial charge in [-0.2, -0.15) is 0 Å². The molecule has 0 N–H and O–H groups in total. The molecule has 2 heteroatoms. The molecule has 0 spiro atoms. The minimum absolute atomic E-state index is 0.640. The van der Waals surface area contributed by atoms with E-state index in [9.17, 15) is 4.79 Å². The Morgan fingerprint density at radius 3 is 1.22 bits per heavy atom. The zero-order chi connectivity index (χ0) is 16.1. The SMILES string of the molecule is C=C(C=O)[P+](c1ccccc1)(c1ccccc1)c1ccccc1. The van der Waals surface area contributed by atoms with Crippen LogP contribution in [0.1, 0.15) is 0 Å². The fourth-order valence-electron chi connectivity index (χ4n) is 2.98. The van der Waals surface area contributed by atoms with E-state index in [-0.39, 0.29) is 0 Å². The first-order valence-electron chi connectivity index (χ1n) is 7.50. The monoisotopic (exact) mass is 317 g/mol. The highest BCUT2D eigenvalue weighted by Crippen LogP contribution is 2.60. The average Bonchev–Trinajstić information content (AvgIpc) is 2.65.